The van der Waals surface area contributed by atoms with Gasteiger partial charge in [-0.2, -0.15) is 0 Å². The standard InChI is InChI=1S/C20H29NO5/c1-12-8-6-9-15(13(12)2)21-19(22)14(3)26-20(23)18-16(24-4)10-7-11-17(18)25-5/h7,10-15H,6,8-9H2,1-5H3,(H,21,22)/t12-,13-,14-,15-/m1/s1. The van der Waals surface area contributed by atoms with Crippen molar-refractivity contribution in [3.8, 4) is 11.5 Å². The number of methoxy groups -OCH3 is 2. The monoisotopic (exact) mass is 363 g/mol. The van der Waals surface area contributed by atoms with Gasteiger partial charge in [0.1, 0.15) is 17.1 Å². The molecule has 2 rings (SSSR count). The molecule has 4 atom stereocenters. The van der Waals surface area contributed by atoms with Crippen molar-refractivity contribution in [3.05, 3.63) is 23.8 Å². The lowest BCUT2D eigenvalue weighted by Crippen LogP contribution is -2.47. The van der Waals surface area contributed by atoms with Gasteiger partial charge in [0.05, 0.1) is 14.2 Å². The number of benzene rings is 1. The first-order valence-corrected chi connectivity index (χ1v) is 9.11. The molecule has 0 unspecified atom stereocenters. The summed E-state index contributed by atoms with van der Waals surface area (Å²) in [5, 5.41) is 3.03. The summed E-state index contributed by atoms with van der Waals surface area (Å²) < 4.78 is 15.8. The van der Waals surface area contributed by atoms with Crippen LogP contribution in [0.3, 0.4) is 0 Å². The first-order valence-electron chi connectivity index (χ1n) is 9.11. The Labute approximate surface area is 155 Å². The third kappa shape index (κ3) is 4.48. The van der Waals surface area contributed by atoms with E-state index in [9.17, 15) is 9.59 Å². The van der Waals surface area contributed by atoms with E-state index in [0.717, 1.165) is 12.8 Å². The first kappa shape index (κ1) is 20.1. The van der Waals surface area contributed by atoms with Crippen molar-refractivity contribution in [2.75, 3.05) is 14.2 Å². The van der Waals surface area contributed by atoms with E-state index in [1.54, 1.807) is 25.1 Å². The van der Waals surface area contributed by atoms with Gasteiger partial charge >= 0.3 is 5.97 Å². The number of hydrogen-bond donors (Lipinski definition) is 1. The van der Waals surface area contributed by atoms with Gasteiger partial charge in [0, 0.05) is 6.04 Å². The molecule has 1 aliphatic carbocycles. The van der Waals surface area contributed by atoms with E-state index in [2.05, 4.69) is 19.2 Å². The van der Waals surface area contributed by atoms with Gasteiger partial charge < -0.3 is 19.5 Å². The Balaban J connectivity index is 2.04. The van der Waals surface area contributed by atoms with Gasteiger partial charge in [-0.15, -0.1) is 0 Å². The number of ether oxygens (including phenoxy) is 3. The lowest BCUT2D eigenvalue weighted by molar-refractivity contribution is -0.130. The van der Waals surface area contributed by atoms with Crippen molar-refractivity contribution in [1.29, 1.82) is 0 Å². The second kappa shape index (κ2) is 8.92. The summed E-state index contributed by atoms with van der Waals surface area (Å²) in [4.78, 5) is 25.1. The van der Waals surface area contributed by atoms with E-state index in [0.29, 0.717) is 23.3 Å². The maximum absolute atomic E-state index is 12.6. The second-order valence-electron chi connectivity index (χ2n) is 6.97. The Morgan fingerprint density at radius 2 is 1.73 bits per heavy atom. The number of hydrogen-bond acceptors (Lipinski definition) is 5. The van der Waals surface area contributed by atoms with E-state index in [1.165, 1.54) is 20.6 Å². The molecule has 0 bridgehead atoms. The van der Waals surface area contributed by atoms with Crippen molar-refractivity contribution in [1.82, 2.24) is 5.32 Å². The molecule has 0 saturated heterocycles. The molecule has 1 N–H and O–H groups in total. The Hall–Kier alpha value is -2.24. The molecule has 0 heterocycles. The fourth-order valence-corrected chi connectivity index (χ4v) is 3.41. The minimum absolute atomic E-state index is 0.119. The maximum atomic E-state index is 12.6. The number of amides is 1. The van der Waals surface area contributed by atoms with Gasteiger partial charge in [-0.25, -0.2) is 4.79 Å². The number of esters is 1. The summed E-state index contributed by atoms with van der Waals surface area (Å²) >= 11 is 0. The third-order valence-corrected chi connectivity index (χ3v) is 5.32. The van der Waals surface area contributed by atoms with E-state index in [-0.39, 0.29) is 17.5 Å². The van der Waals surface area contributed by atoms with Crippen LogP contribution in [0.1, 0.15) is 50.4 Å². The Kier molecular flexibility index (Phi) is 6.89. The van der Waals surface area contributed by atoms with E-state index in [4.69, 9.17) is 14.2 Å². The average Bonchev–Trinajstić information content (AvgIpc) is 2.64. The molecule has 1 amide bonds. The molecule has 1 aliphatic rings. The van der Waals surface area contributed by atoms with Gasteiger partial charge in [-0.3, -0.25) is 4.79 Å². The van der Waals surface area contributed by atoms with Crippen molar-refractivity contribution in [3.63, 3.8) is 0 Å². The molecule has 144 valence electrons. The zero-order valence-electron chi connectivity index (χ0n) is 16.2. The highest BCUT2D eigenvalue weighted by atomic mass is 16.6. The predicted octanol–water partition coefficient (Wildman–Crippen LogP) is 3.19. The molecule has 0 aliphatic heterocycles. The summed E-state index contributed by atoms with van der Waals surface area (Å²) in [7, 11) is 2.93. The average molecular weight is 363 g/mol. The molecule has 0 spiro atoms. The molecule has 0 aromatic heterocycles. The third-order valence-electron chi connectivity index (χ3n) is 5.32. The molecule has 1 fully saturated rings. The number of carbonyl (C=O) groups is 2. The van der Waals surface area contributed by atoms with Crippen LogP contribution in [0, 0.1) is 11.8 Å². The lowest BCUT2D eigenvalue weighted by atomic mass is 9.78. The van der Waals surface area contributed by atoms with Crippen molar-refractivity contribution >= 4 is 11.9 Å². The lowest BCUT2D eigenvalue weighted by Gasteiger charge is -2.35. The van der Waals surface area contributed by atoms with Gasteiger partial charge in [0.2, 0.25) is 0 Å². The van der Waals surface area contributed by atoms with Crippen LogP contribution < -0.4 is 14.8 Å². The highest BCUT2D eigenvalue weighted by molar-refractivity contribution is 5.97. The van der Waals surface area contributed by atoms with Gasteiger partial charge in [-0.05, 0) is 37.3 Å². The first-order chi connectivity index (χ1) is 12.4. The molecular formula is C20H29NO5. The minimum Gasteiger partial charge on any atom is -0.496 e. The Bertz CT molecular complexity index is 623. The van der Waals surface area contributed by atoms with E-state index < -0.39 is 12.1 Å². The zero-order valence-corrected chi connectivity index (χ0v) is 16.2. The van der Waals surface area contributed by atoms with Crippen molar-refractivity contribution < 1.29 is 23.8 Å². The molecule has 1 aromatic carbocycles. The van der Waals surface area contributed by atoms with Crippen LogP contribution >= 0.6 is 0 Å². The van der Waals surface area contributed by atoms with Crippen LogP contribution in [0.2, 0.25) is 0 Å². The number of rotatable bonds is 6. The summed E-state index contributed by atoms with van der Waals surface area (Å²) in [5.41, 5.74) is 0.178. The maximum Gasteiger partial charge on any atom is 0.346 e. The normalized spacial score (nSPS) is 23.7. The highest BCUT2D eigenvalue weighted by Gasteiger charge is 2.31. The summed E-state index contributed by atoms with van der Waals surface area (Å²) in [6, 6.07) is 5.13. The smallest absolute Gasteiger partial charge is 0.346 e. The largest absolute Gasteiger partial charge is 0.496 e. The number of nitrogens with one attached hydrogen (secondary N) is 1. The van der Waals surface area contributed by atoms with Crippen LogP contribution in [-0.2, 0) is 9.53 Å². The molecule has 1 aromatic rings. The molecule has 6 heteroatoms. The number of carbonyl (C=O) groups excluding carboxylic acids is 2. The SMILES string of the molecule is COc1cccc(OC)c1C(=O)O[C@H](C)C(=O)N[C@@H]1CCC[C@@H](C)[C@H]1C. The van der Waals surface area contributed by atoms with E-state index in [1.807, 2.05) is 0 Å². The Morgan fingerprint density at radius 3 is 2.31 bits per heavy atom. The quantitative estimate of drug-likeness (QED) is 0.786. The van der Waals surface area contributed by atoms with Crippen molar-refractivity contribution in [2.45, 2.75) is 52.2 Å². The molecule has 0 radical (unpaired) electrons. The minimum atomic E-state index is -0.901. The molecule has 26 heavy (non-hydrogen) atoms. The van der Waals surface area contributed by atoms with Crippen molar-refractivity contribution in [2.24, 2.45) is 11.8 Å². The topological polar surface area (TPSA) is 73.9 Å². The molecular weight excluding hydrogens is 334 g/mol. The van der Waals surface area contributed by atoms with Crippen LogP contribution in [0.25, 0.3) is 0 Å². The zero-order chi connectivity index (χ0) is 19.3. The van der Waals surface area contributed by atoms with Crippen LogP contribution in [-0.4, -0.2) is 38.2 Å². The summed E-state index contributed by atoms with van der Waals surface area (Å²) in [6.45, 7) is 5.94. The van der Waals surface area contributed by atoms with E-state index >= 15 is 0 Å². The van der Waals surface area contributed by atoms with Crippen LogP contribution in [0.5, 0.6) is 11.5 Å². The van der Waals surface area contributed by atoms with Gasteiger partial charge in [0.25, 0.3) is 5.91 Å². The predicted molar refractivity (Wildman–Crippen MR) is 98.5 cm³/mol. The molecule has 1 saturated carbocycles. The molecule has 6 nitrogen and oxygen atoms in total. The van der Waals surface area contributed by atoms with Gasteiger partial charge in [-0.1, -0.05) is 32.8 Å². The fraction of sp³-hybridized carbons (Fsp3) is 0.600. The second-order valence-corrected chi connectivity index (χ2v) is 6.97. The van der Waals surface area contributed by atoms with Crippen LogP contribution in [0.15, 0.2) is 18.2 Å². The van der Waals surface area contributed by atoms with Gasteiger partial charge in [0.15, 0.2) is 6.10 Å². The summed E-state index contributed by atoms with van der Waals surface area (Å²) in [6.07, 6.45) is 2.34. The highest BCUT2D eigenvalue weighted by Crippen LogP contribution is 2.30. The fourth-order valence-electron chi connectivity index (χ4n) is 3.41. The summed E-state index contributed by atoms with van der Waals surface area (Å²) in [5.74, 6) is 0.744. The Morgan fingerprint density at radius 1 is 1.12 bits per heavy atom. The van der Waals surface area contributed by atoms with Crippen LogP contribution in [0.4, 0.5) is 0 Å².